The number of carbonyl (C=O) groups excluding carboxylic acids is 1. The van der Waals surface area contributed by atoms with Gasteiger partial charge in [0, 0.05) is 37.3 Å². The van der Waals surface area contributed by atoms with E-state index in [0.717, 1.165) is 5.56 Å². The lowest BCUT2D eigenvalue weighted by atomic mass is 9.54. The predicted octanol–water partition coefficient (Wildman–Crippen LogP) is 3.16. The Hall–Kier alpha value is -2.51. The van der Waals surface area contributed by atoms with E-state index in [-0.39, 0.29) is 17.8 Å². The van der Waals surface area contributed by atoms with Crippen molar-refractivity contribution < 1.29 is 18.7 Å². The molecular weight excluding hydrogens is 361 g/mol. The van der Waals surface area contributed by atoms with E-state index in [1.165, 1.54) is 24.3 Å². The van der Waals surface area contributed by atoms with Crippen molar-refractivity contribution in [2.75, 3.05) is 6.61 Å². The Morgan fingerprint density at radius 2 is 2.04 bits per heavy atom. The van der Waals surface area contributed by atoms with Crippen molar-refractivity contribution in [1.29, 1.82) is 0 Å². The van der Waals surface area contributed by atoms with Crippen LogP contribution < -0.4 is 15.8 Å². The molecule has 3 rings (SSSR count). The van der Waals surface area contributed by atoms with Crippen molar-refractivity contribution in [1.82, 2.24) is 10.3 Å². The first kappa shape index (κ1) is 20.2. The lowest BCUT2D eigenvalue weighted by molar-refractivity contribution is -0.170. The van der Waals surface area contributed by atoms with Crippen LogP contribution in [0.25, 0.3) is 0 Å². The molecule has 0 saturated heterocycles. The number of pyridine rings is 1. The zero-order valence-corrected chi connectivity index (χ0v) is 16.4. The molecule has 28 heavy (non-hydrogen) atoms. The maximum Gasteiger partial charge on any atom is 0.241 e. The fourth-order valence-electron chi connectivity index (χ4n) is 3.40. The molecule has 1 heterocycles. The molecule has 150 valence electrons. The molecular formula is C21H26FN3O3. The Kier molecular flexibility index (Phi) is 5.67. The summed E-state index contributed by atoms with van der Waals surface area (Å²) in [7, 11) is 0. The third-order valence-electron chi connectivity index (χ3n) is 5.52. The Bertz CT molecular complexity index is 841. The summed E-state index contributed by atoms with van der Waals surface area (Å²) in [6.07, 6.45) is 2.07. The highest BCUT2D eigenvalue weighted by Crippen LogP contribution is 2.49. The minimum atomic E-state index is -0.965. The summed E-state index contributed by atoms with van der Waals surface area (Å²) < 4.78 is 24.3. The Morgan fingerprint density at radius 1 is 1.32 bits per heavy atom. The highest BCUT2D eigenvalue weighted by Gasteiger charge is 2.62. The van der Waals surface area contributed by atoms with Gasteiger partial charge in [-0.2, -0.15) is 0 Å². The van der Waals surface area contributed by atoms with Crippen molar-refractivity contribution in [3.05, 3.63) is 54.0 Å². The van der Waals surface area contributed by atoms with E-state index in [9.17, 15) is 9.18 Å². The van der Waals surface area contributed by atoms with E-state index in [4.69, 9.17) is 15.2 Å². The lowest BCUT2D eigenvalue weighted by Crippen LogP contribution is -2.75. The number of benzene rings is 1. The van der Waals surface area contributed by atoms with Crippen LogP contribution in [0.15, 0.2) is 42.6 Å². The average Bonchev–Trinajstić information content (AvgIpc) is 2.68. The largest absolute Gasteiger partial charge is 0.439 e. The summed E-state index contributed by atoms with van der Waals surface area (Å²) >= 11 is 0. The van der Waals surface area contributed by atoms with Crippen LogP contribution in [0.4, 0.5) is 4.39 Å². The predicted molar refractivity (Wildman–Crippen MR) is 103 cm³/mol. The van der Waals surface area contributed by atoms with Gasteiger partial charge in [0.2, 0.25) is 11.8 Å². The van der Waals surface area contributed by atoms with Crippen LogP contribution >= 0.6 is 0 Å². The fourth-order valence-corrected chi connectivity index (χ4v) is 3.40. The second-order valence-electron chi connectivity index (χ2n) is 7.58. The summed E-state index contributed by atoms with van der Waals surface area (Å²) in [4.78, 5) is 16.9. The molecule has 6 nitrogen and oxygen atoms in total. The first-order valence-corrected chi connectivity index (χ1v) is 9.33. The zero-order valence-electron chi connectivity index (χ0n) is 16.4. The lowest BCUT2D eigenvalue weighted by Gasteiger charge is -2.57. The van der Waals surface area contributed by atoms with Crippen LogP contribution in [0.1, 0.15) is 32.8 Å². The van der Waals surface area contributed by atoms with Gasteiger partial charge in [-0.3, -0.25) is 4.79 Å². The van der Waals surface area contributed by atoms with E-state index in [1.54, 1.807) is 18.3 Å². The summed E-state index contributed by atoms with van der Waals surface area (Å²) in [6.45, 7) is 6.74. The van der Waals surface area contributed by atoms with Gasteiger partial charge in [0.15, 0.2) is 0 Å². The van der Waals surface area contributed by atoms with Crippen molar-refractivity contribution in [3.63, 3.8) is 0 Å². The highest BCUT2D eigenvalue weighted by atomic mass is 19.1. The van der Waals surface area contributed by atoms with E-state index in [1.807, 2.05) is 20.8 Å². The summed E-state index contributed by atoms with van der Waals surface area (Å²) in [6, 6.07) is 9.19. The maximum absolute atomic E-state index is 13.0. The molecule has 1 aromatic heterocycles. The number of nitrogens with two attached hydrogens (primary N) is 1. The minimum Gasteiger partial charge on any atom is -0.439 e. The SMILES string of the molecule is CCOC1CC(N)(C(=O)NCc2ccnc(Oc3ccc(F)cc3)c2)C1(C)C. The number of amides is 1. The molecule has 1 saturated carbocycles. The first-order chi connectivity index (χ1) is 13.3. The smallest absolute Gasteiger partial charge is 0.241 e. The van der Waals surface area contributed by atoms with Crippen LogP contribution in [0.5, 0.6) is 11.6 Å². The number of hydrogen-bond acceptors (Lipinski definition) is 5. The van der Waals surface area contributed by atoms with Gasteiger partial charge in [-0.1, -0.05) is 13.8 Å². The second-order valence-corrected chi connectivity index (χ2v) is 7.58. The van der Waals surface area contributed by atoms with Crippen molar-refractivity contribution in [2.24, 2.45) is 11.1 Å². The molecule has 1 aromatic carbocycles. The fraction of sp³-hybridized carbons (Fsp3) is 0.429. The Balaban J connectivity index is 1.60. The van der Waals surface area contributed by atoms with E-state index in [0.29, 0.717) is 31.2 Å². The number of carbonyl (C=O) groups is 1. The van der Waals surface area contributed by atoms with E-state index < -0.39 is 11.0 Å². The standard InChI is InChI=1S/C21H26FN3O3/c1-4-27-17-12-21(23,20(17,2)3)19(26)25-13-14-9-10-24-18(11-14)28-16-7-5-15(22)6-8-16/h5-11,17H,4,12-13,23H2,1-3H3,(H,25,26). The number of rotatable bonds is 7. The molecule has 1 fully saturated rings. The molecule has 1 aliphatic rings. The zero-order chi connectivity index (χ0) is 20.4. The number of nitrogens with zero attached hydrogens (tertiary/aromatic N) is 1. The molecule has 2 atom stereocenters. The number of halogens is 1. The topological polar surface area (TPSA) is 86.5 Å². The average molecular weight is 387 g/mol. The van der Waals surface area contributed by atoms with Gasteiger partial charge in [-0.05, 0) is 42.8 Å². The molecule has 2 unspecified atom stereocenters. The van der Waals surface area contributed by atoms with Gasteiger partial charge < -0.3 is 20.5 Å². The van der Waals surface area contributed by atoms with Gasteiger partial charge >= 0.3 is 0 Å². The minimum absolute atomic E-state index is 0.0233. The highest BCUT2D eigenvalue weighted by molar-refractivity contribution is 5.88. The molecule has 0 aliphatic heterocycles. The Labute approximate surface area is 164 Å². The third-order valence-corrected chi connectivity index (χ3v) is 5.52. The molecule has 1 aliphatic carbocycles. The van der Waals surface area contributed by atoms with Gasteiger partial charge in [0.1, 0.15) is 17.1 Å². The number of nitrogens with one attached hydrogen (secondary N) is 1. The van der Waals surface area contributed by atoms with Crippen LogP contribution in [-0.4, -0.2) is 29.1 Å². The summed E-state index contributed by atoms with van der Waals surface area (Å²) in [5, 5.41) is 2.91. The number of aromatic nitrogens is 1. The molecule has 7 heteroatoms. The van der Waals surface area contributed by atoms with Crippen LogP contribution in [0.3, 0.4) is 0 Å². The molecule has 0 radical (unpaired) electrons. The summed E-state index contributed by atoms with van der Waals surface area (Å²) in [5.41, 5.74) is 5.81. The van der Waals surface area contributed by atoms with Gasteiger partial charge in [-0.25, -0.2) is 9.37 Å². The molecule has 1 amide bonds. The third kappa shape index (κ3) is 3.86. The Morgan fingerprint density at radius 3 is 2.68 bits per heavy atom. The first-order valence-electron chi connectivity index (χ1n) is 9.33. The molecule has 0 bridgehead atoms. The maximum atomic E-state index is 13.0. The number of hydrogen-bond donors (Lipinski definition) is 2. The molecule has 2 aromatic rings. The van der Waals surface area contributed by atoms with Crippen LogP contribution in [0, 0.1) is 11.2 Å². The van der Waals surface area contributed by atoms with E-state index >= 15 is 0 Å². The molecule has 0 spiro atoms. The van der Waals surface area contributed by atoms with Gasteiger partial charge in [-0.15, -0.1) is 0 Å². The van der Waals surface area contributed by atoms with Crippen LogP contribution in [-0.2, 0) is 16.1 Å². The number of ether oxygens (including phenoxy) is 2. The van der Waals surface area contributed by atoms with Gasteiger partial charge in [0.25, 0.3) is 0 Å². The van der Waals surface area contributed by atoms with Crippen molar-refractivity contribution in [2.45, 2.75) is 45.4 Å². The van der Waals surface area contributed by atoms with Gasteiger partial charge in [0.05, 0.1) is 6.10 Å². The molecule has 3 N–H and O–H groups in total. The summed E-state index contributed by atoms with van der Waals surface area (Å²) in [5.74, 6) is 0.305. The van der Waals surface area contributed by atoms with Crippen molar-refractivity contribution >= 4 is 5.91 Å². The van der Waals surface area contributed by atoms with Crippen LogP contribution in [0.2, 0.25) is 0 Å². The van der Waals surface area contributed by atoms with E-state index in [2.05, 4.69) is 10.3 Å². The monoisotopic (exact) mass is 387 g/mol. The normalized spacial score (nSPS) is 23.0. The van der Waals surface area contributed by atoms with Crippen molar-refractivity contribution in [3.8, 4) is 11.6 Å². The second kappa shape index (κ2) is 7.85. The quantitative estimate of drug-likeness (QED) is 0.762.